The molecule has 4 atom stereocenters. The fraction of sp³-hybridized carbons (Fsp3) is 0.615. The van der Waals surface area contributed by atoms with Gasteiger partial charge in [-0.05, 0) is 38.1 Å². The first kappa shape index (κ1) is 11.8. The van der Waals surface area contributed by atoms with Crippen molar-refractivity contribution in [1.82, 2.24) is 0 Å². The molecule has 1 aromatic heterocycles. The molecule has 0 radical (unpaired) electrons. The summed E-state index contributed by atoms with van der Waals surface area (Å²) in [5, 5.41) is 1.98. The molecule has 2 nitrogen and oxygen atoms in total. The summed E-state index contributed by atoms with van der Waals surface area (Å²) in [7, 11) is 0. The molecule has 3 heteroatoms. The zero-order valence-corrected chi connectivity index (χ0v) is 11.0. The van der Waals surface area contributed by atoms with Crippen LogP contribution in [0.25, 0.3) is 0 Å². The van der Waals surface area contributed by atoms with Crippen LogP contribution >= 0.6 is 11.3 Å². The van der Waals surface area contributed by atoms with E-state index in [1.807, 2.05) is 25.3 Å². The quantitative estimate of drug-likeness (QED) is 0.739. The number of ether oxygens (including phenoxy) is 1. The second-order valence-electron chi connectivity index (χ2n) is 4.69. The summed E-state index contributed by atoms with van der Waals surface area (Å²) in [6.07, 6.45) is 0.222. The lowest BCUT2D eigenvalue weighted by molar-refractivity contribution is 0.0491. The van der Waals surface area contributed by atoms with Crippen LogP contribution in [0.4, 0.5) is 0 Å². The molecule has 0 bridgehead atoms. The Morgan fingerprint density at radius 1 is 1.31 bits per heavy atom. The Bertz CT molecular complexity index is 396. The molecule has 0 saturated carbocycles. The lowest BCUT2D eigenvalue weighted by Crippen LogP contribution is -2.26. The first-order valence-electron chi connectivity index (χ1n) is 5.76. The highest BCUT2D eigenvalue weighted by atomic mass is 32.1. The smallest absolute Gasteiger partial charge is 0.169 e. The first-order chi connectivity index (χ1) is 7.52. The highest BCUT2D eigenvalue weighted by molar-refractivity contribution is 7.10. The largest absolute Gasteiger partial charge is 0.374 e. The molecule has 0 amide bonds. The van der Waals surface area contributed by atoms with Gasteiger partial charge < -0.3 is 4.74 Å². The fourth-order valence-electron chi connectivity index (χ4n) is 2.54. The van der Waals surface area contributed by atoms with Crippen molar-refractivity contribution in [2.45, 2.75) is 39.9 Å². The Kier molecular flexibility index (Phi) is 3.17. The van der Waals surface area contributed by atoms with Crippen molar-refractivity contribution in [2.75, 3.05) is 0 Å². The molecule has 88 valence electrons. The molecule has 16 heavy (non-hydrogen) atoms. The fourth-order valence-corrected chi connectivity index (χ4v) is 3.24. The molecule has 0 spiro atoms. The van der Waals surface area contributed by atoms with Crippen LogP contribution in [0.15, 0.2) is 11.4 Å². The maximum Gasteiger partial charge on any atom is 0.169 e. The SMILES string of the molecule is Cc1sccc1C(=O)C1C(C)OC(C)C1C. The molecule has 2 rings (SSSR count). The van der Waals surface area contributed by atoms with Gasteiger partial charge in [-0.15, -0.1) is 11.3 Å². The number of rotatable bonds is 2. The molecule has 1 aliphatic heterocycles. The number of aryl methyl sites for hydroxylation is 1. The molecular formula is C13H18O2S. The Morgan fingerprint density at radius 3 is 2.44 bits per heavy atom. The van der Waals surface area contributed by atoms with Gasteiger partial charge in [-0.25, -0.2) is 0 Å². The zero-order valence-electron chi connectivity index (χ0n) is 10.2. The number of ketones is 1. The Labute approximate surface area is 101 Å². The van der Waals surface area contributed by atoms with Crippen molar-refractivity contribution in [3.05, 3.63) is 21.9 Å². The average Bonchev–Trinajstić information content (AvgIpc) is 2.73. The first-order valence-corrected chi connectivity index (χ1v) is 6.64. The van der Waals surface area contributed by atoms with E-state index in [0.717, 1.165) is 10.4 Å². The third kappa shape index (κ3) is 1.82. The van der Waals surface area contributed by atoms with E-state index >= 15 is 0 Å². The number of hydrogen-bond donors (Lipinski definition) is 0. The maximum atomic E-state index is 12.4. The van der Waals surface area contributed by atoms with Gasteiger partial charge in [-0.3, -0.25) is 4.79 Å². The van der Waals surface area contributed by atoms with Gasteiger partial charge in [-0.1, -0.05) is 6.92 Å². The van der Waals surface area contributed by atoms with Crippen LogP contribution in [-0.4, -0.2) is 18.0 Å². The minimum absolute atomic E-state index is 0.0169. The summed E-state index contributed by atoms with van der Waals surface area (Å²) in [6.45, 7) is 8.17. The summed E-state index contributed by atoms with van der Waals surface area (Å²) in [5.41, 5.74) is 0.881. The number of Topliss-reactive ketones (excluding diaryl/α,β-unsaturated/α-hetero) is 1. The predicted molar refractivity (Wildman–Crippen MR) is 66.0 cm³/mol. The topological polar surface area (TPSA) is 26.3 Å². The molecule has 0 N–H and O–H groups in total. The summed E-state index contributed by atoms with van der Waals surface area (Å²) in [4.78, 5) is 13.5. The highest BCUT2D eigenvalue weighted by Crippen LogP contribution is 2.35. The van der Waals surface area contributed by atoms with E-state index in [9.17, 15) is 4.79 Å². The monoisotopic (exact) mass is 238 g/mol. The van der Waals surface area contributed by atoms with Crippen molar-refractivity contribution in [1.29, 1.82) is 0 Å². The summed E-state index contributed by atoms with van der Waals surface area (Å²) >= 11 is 1.63. The molecule has 1 fully saturated rings. The van der Waals surface area contributed by atoms with E-state index in [4.69, 9.17) is 4.74 Å². The van der Waals surface area contributed by atoms with Gasteiger partial charge in [0.05, 0.1) is 18.1 Å². The molecule has 1 saturated heterocycles. The minimum atomic E-state index is 0.0169. The van der Waals surface area contributed by atoms with Gasteiger partial charge in [0.2, 0.25) is 0 Å². The van der Waals surface area contributed by atoms with Crippen LogP contribution in [0.1, 0.15) is 36.0 Å². The van der Waals surface area contributed by atoms with Gasteiger partial charge >= 0.3 is 0 Å². The van der Waals surface area contributed by atoms with E-state index in [0.29, 0.717) is 5.92 Å². The molecule has 0 aromatic carbocycles. The van der Waals surface area contributed by atoms with Gasteiger partial charge in [0.25, 0.3) is 0 Å². The van der Waals surface area contributed by atoms with Crippen LogP contribution in [0, 0.1) is 18.8 Å². The van der Waals surface area contributed by atoms with Crippen molar-refractivity contribution < 1.29 is 9.53 Å². The molecule has 1 aliphatic rings. The Balaban J connectivity index is 2.26. The Hall–Kier alpha value is -0.670. The van der Waals surface area contributed by atoms with E-state index in [1.165, 1.54) is 0 Å². The van der Waals surface area contributed by atoms with E-state index in [2.05, 4.69) is 13.8 Å². The molecule has 0 aliphatic carbocycles. The minimum Gasteiger partial charge on any atom is -0.374 e. The molecule has 4 unspecified atom stereocenters. The standard InChI is InChI=1S/C13H18O2S/c1-7-8(2)15-9(3)12(7)13(14)11-5-6-16-10(11)4/h5-9,12H,1-4H3. The summed E-state index contributed by atoms with van der Waals surface area (Å²) in [6, 6.07) is 1.94. The van der Waals surface area contributed by atoms with Crippen LogP contribution in [-0.2, 0) is 4.74 Å². The maximum absolute atomic E-state index is 12.4. The highest BCUT2D eigenvalue weighted by Gasteiger charge is 2.42. The predicted octanol–water partition coefficient (Wildman–Crippen LogP) is 3.30. The van der Waals surface area contributed by atoms with Crippen molar-refractivity contribution in [2.24, 2.45) is 11.8 Å². The van der Waals surface area contributed by atoms with E-state index in [-0.39, 0.29) is 23.9 Å². The van der Waals surface area contributed by atoms with Crippen LogP contribution in [0.3, 0.4) is 0 Å². The van der Waals surface area contributed by atoms with Gasteiger partial charge in [-0.2, -0.15) is 0 Å². The summed E-state index contributed by atoms with van der Waals surface area (Å²) < 4.78 is 5.73. The molecule has 1 aromatic rings. The number of carbonyl (C=O) groups excluding carboxylic acids is 1. The van der Waals surface area contributed by atoms with Crippen LogP contribution < -0.4 is 0 Å². The zero-order chi connectivity index (χ0) is 11.9. The van der Waals surface area contributed by atoms with Crippen LogP contribution in [0.5, 0.6) is 0 Å². The second kappa shape index (κ2) is 4.30. The van der Waals surface area contributed by atoms with E-state index < -0.39 is 0 Å². The summed E-state index contributed by atoms with van der Waals surface area (Å²) in [5.74, 6) is 0.577. The van der Waals surface area contributed by atoms with Gasteiger partial charge in [0.1, 0.15) is 0 Å². The number of carbonyl (C=O) groups is 1. The molecule has 2 heterocycles. The van der Waals surface area contributed by atoms with Gasteiger partial charge in [0.15, 0.2) is 5.78 Å². The lowest BCUT2D eigenvalue weighted by atomic mass is 9.83. The lowest BCUT2D eigenvalue weighted by Gasteiger charge is -2.16. The van der Waals surface area contributed by atoms with Gasteiger partial charge in [0, 0.05) is 10.4 Å². The van der Waals surface area contributed by atoms with Crippen molar-refractivity contribution in [3.8, 4) is 0 Å². The second-order valence-corrected chi connectivity index (χ2v) is 5.81. The van der Waals surface area contributed by atoms with Crippen molar-refractivity contribution >= 4 is 17.1 Å². The average molecular weight is 238 g/mol. The van der Waals surface area contributed by atoms with E-state index in [1.54, 1.807) is 11.3 Å². The Morgan fingerprint density at radius 2 is 2.00 bits per heavy atom. The third-order valence-corrected chi connectivity index (χ3v) is 4.51. The molecular weight excluding hydrogens is 220 g/mol. The number of hydrogen-bond acceptors (Lipinski definition) is 3. The van der Waals surface area contributed by atoms with Crippen molar-refractivity contribution in [3.63, 3.8) is 0 Å². The third-order valence-electron chi connectivity index (χ3n) is 3.67. The van der Waals surface area contributed by atoms with Crippen LogP contribution in [0.2, 0.25) is 0 Å². The normalized spacial score (nSPS) is 34.2. The number of thiophene rings is 1.